The van der Waals surface area contributed by atoms with Gasteiger partial charge in [0.15, 0.2) is 0 Å². The van der Waals surface area contributed by atoms with E-state index in [1.165, 1.54) is 5.01 Å². The Morgan fingerprint density at radius 1 is 1.29 bits per heavy atom. The van der Waals surface area contributed by atoms with Crippen LogP contribution < -0.4 is 0 Å². The van der Waals surface area contributed by atoms with Crippen LogP contribution in [0, 0.1) is 6.92 Å². The minimum Gasteiger partial charge on any atom is -0.481 e. The van der Waals surface area contributed by atoms with Gasteiger partial charge in [-0.15, -0.1) is 0 Å². The third-order valence-electron chi connectivity index (χ3n) is 3.95. The van der Waals surface area contributed by atoms with Crippen LogP contribution in [0.3, 0.4) is 0 Å². The number of carbonyl (C=O) groups excluding carboxylic acids is 1. The molecule has 0 saturated carbocycles. The Labute approximate surface area is 139 Å². The minimum absolute atomic E-state index is 0.0768. The number of aryl methyl sites for hydroxylation is 1. The summed E-state index contributed by atoms with van der Waals surface area (Å²) in [7, 11) is 0. The average Bonchev–Trinajstić information content (AvgIpc) is 3.21. The van der Waals surface area contributed by atoms with Crippen molar-refractivity contribution in [3.8, 4) is 0 Å². The van der Waals surface area contributed by atoms with Gasteiger partial charge in [0.25, 0.3) is 0 Å². The fraction of sp³-hybridized carbons (Fsp3) is 0.278. The summed E-state index contributed by atoms with van der Waals surface area (Å²) in [6.45, 7) is 1.99. The van der Waals surface area contributed by atoms with Gasteiger partial charge in [0.2, 0.25) is 5.91 Å². The van der Waals surface area contributed by atoms with E-state index in [9.17, 15) is 9.59 Å². The highest BCUT2D eigenvalue weighted by Crippen LogP contribution is 2.33. The van der Waals surface area contributed by atoms with Crippen molar-refractivity contribution in [2.45, 2.75) is 32.2 Å². The van der Waals surface area contributed by atoms with Crippen molar-refractivity contribution in [3.05, 3.63) is 59.5 Å². The van der Waals surface area contributed by atoms with Crippen LogP contribution in [0.25, 0.3) is 0 Å². The number of hydrogen-bond acceptors (Lipinski definition) is 4. The molecule has 2 heterocycles. The second-order valence-electron chi connectivity index (χ2n) is 5.79. The lowest BCUT2D eigenvalue weighted by molar-refractivity contribution is -0.141. The van der Waals surface area contributed by atoms with Crippen molar-refractivity contribution in [3.63, 3.8) is 0 Å². The normalized spacial score (nSPS) is 17.0. The Morgan fingerprint density at radius 2 is 2.12 bits per heavy atom. The van der Waals surface area contributed by atoms with Gasteiger partial charge in [-0.05, 0) is 24.6 Å². The van der Waals surface area contributed by atoms with E-state index in [0.717, 1.165) is 11.1 Å². The Balaban J connectivity index is 1.89. The fourth-order valence-electron chi connectivity index (χ4n) is 2.80. The summed E-state index contributed by atoms with van der Waals surface area (Å²) in [6.07, 6.45) is 1.82. The van der Waals surface area contributed by atoms with Gasteiger partial charge in [0.1, 0.15) is 11.5 Å². The zero-order valence-corrected chi connectivity index (χ0v) is 13.3. The molecule has 6 nitrogen and oxygen atoms in total. The van der Waals surface area contributed by atoms with E-state index < -0.39 is 5.97 Å². The van der Waals surface area contributed by atoms with E-state index in [-0.39, 0.29) is 24.8 Å². The van der Waals surface area contributed by atoms with Crippen molar-refractivity contribution in [2.75, 3.05) is 0 Å². The van der Waals surface area contributed by atoms with Gasteiger partial charge in [-0.2, -0.15) is 5.10 Å². The number of furan rings is 1. The lowest BCUT2D eigenvalue weighted by atomic mass is 9.99. The first-order valence-electron chi connectivity index (χ1n) is 7.76. The topological polar surface area (TPSA) is 83.1 Å². The predicted octanol–water partition coefficient (Wildman–Crippen LogP) is 3.13. The van der Waals surface area contributed by atoms with Crippen molar-refractivity contribution in [1.82, 2.24) is 5.01 Å². The largest absolute Gasteiger partial charge is 0.481 e. The summed E-state index contributed by atoms with van der Waals surface area (Å²) < 4.78 is 5.39. The zero-order valence-electron chi connectivity index (χ0n) is 13.3. The number of amides is 1. The highest BCUT2D eigenvalue weighted by Gasteiger charge is 2.33. The number of benzene rings is 1. The quantitative estimate of drug-likeness (QED) is 0.915. The molecule has 1 atom stereocenters. The van der Waals surface area contributed by atoms with E-state index in [1.807, 2.05) is 31.2 Å². The second kappa shape index (κ2) is 6.70. The Bertz CT molecular complexity index is 780. The first kappa shape index (κ1) is 16.0. The molecule has 1 N–H and O–H groups in total. The van der Waals surface area contributed by atoms with Crippen LogP contribution in [0.15, 0.2) is 52.2 Å². The maximum absolute atomic E-state index is 12.5. The van der Waals surface area contributed by atoms with Gasteiger partial charge >= 0.3 is 5.97 Å². The number of rotatable bonds is 5. The molecule has 1 aromatic carbocycles. The molecule has 0 spiro atoms. The molecule has 124 valence electrons. The molecule has 3 rings (SSSR count). The number of hydrazone groups is 1. The molecular formula is C18H18N2O4. The first-order valence-corrected chi connectivity index (χ1v) is 7.76. The Kier molecular flexibility index (Phi) is 4.46. The minimum atomic E-state index is -0.995. The van der Waals surface area contributed by atoms with Gasteiger partial charge < -0.3 is 9.52 Å². The molecule has 0 saturated heterocycles. The van der Waals surface area contributed by atoms with Crippen molar-refractivity contribution in [1.29, 1.82) is 0 Å². The van der Waals surface area contributed by atoms with E-state index in [4.69, 9.17) is 9.52 Å². The lowest BCUT2D eigenvalue weighted by Gasteiger charge is -2.22. The maximum Gasteiger partial charge on any atom is 0.303 e. The highest BCUT2D eigenvalue weighted by molar-refractivity contribution is 6.01. The van der Waals surface area contributed by atoms with Crippen LogP contribution in [0.5, 0.6) is 0 Å². The Morgan fingerprint density at radius 3 is 2.79 bits per heavy atom. The van der Waals surface area contributed by atoms with E-state index in [0.29, 0.717) is 17.9 Å². The number of carboxylic acid groups (broad SMARTS) is 1. The zero-order chi connectivity index (χ0) is 17.1. The molecule has 6 heteroatoms. The smallest absolute Gasteiger partial charge is 0.303 e. The standard InChI is InChI=1S/C18H18N2O4/c1-12-4-2-5-13(10-12)15-11-14(16-6-3-9-24-16)19-20(15)17(21)7-8-18(22)23/h2-6,9-10,15H,7-8,11H2,1H3,(H,22,23)/t15-/m0/s1. The van der Waals surface area contributed by atoms with Crippen molar-refractivity contribution in [2.24, 2.45) is 5.10 Å². The highest BCUT2D eigenvalue weighted by atomic mass is 16.4. The molecule has 0 fully saturated rings. The van der Waals surface area contributed by atoms with Gasteiger partial charge in [-0.1, -0.05) is 29.8 Å². The molecular weight excluding hydrogens is 308 g/mol. The number of aliphatic carboxylic acids is 1. The molecule has 0 radical (unpaired) electrons. The SMILES string of the molecule is Cc1cccc([C@@H]2CC(c3ccco3)=NN2C(=O)CCC(=O)O)c1. The third-order valence-corrected chi connectivity index (χ3v) is 3.95. The van der Waals surface area contributed by atoms with Gasteiger partial charge in [0, 0.05) is 12.8 Å². The number of hydrogen-bond donors (Lipinski definition) is 1. The molecule has 0 unspecified atom stereocenters. The first-order chi connectivity index (χ1) is 11.5. The molecule has 1 aromatic heterocycles. The molecule has 0 aliphatic carbocycles. The number of carbonyl (C=O) groups is 2. The summed E-state index contributed by atoms with van der Waals surface area (Å²) in [6, 6.07) is 11.2. The van der Waals surface area contributed by atoms with Crippen LogP contribution in [0.1, 0.15) is 42.2 Å². The van der Waals surface area contributed by atoms with E-state index >= 15 is 0 Å². The van der Waals surface area contributed by atoms with Crippen molar-refractivity contribution < 1.29 is 19.1 Å². The second-order valence-corrected chi connectivity index (χ2v) is 5.79. The molecule has 1 amide bonds. The van der Waals surface area contributed by atoms with Crippen LogP contribution in [-0.4, -0.2) is 27.7 Å². The monoisotopic (exact) mass is 326 g/mol. The summed E-state index contributed by atoms with van der Waals surface area (Å²) in [5.41, 5.74) is 2.76. The van der Waals surface area contributed by atoms with Crippen LogP contribution >= 0.6 is 0 Å². The summed E-state index contributed by atoms with van der Waals surface area (Å²) in [4.78, 5) is 23.2. The molecule has 1 aliphatic heterocycles. The van der Waals surface area contributed by atoms with Crippen LogP contribution in [-0.2, 0) is 9.59 Å². The van der Waals surface area contributed by atoms with Gasteiger partial charge in [-0.25, -0.2) is 5.01 Å². The number of carboxylic acids is 1. The maximum atomic E-state index is 12.5. The van der Waals surface area contributed by atoms with Crippen molar-refractivity contribution >= 4 is 17.6 Å². The average molecular weight is 326 g/mol. The number of nitrogens with zero attached hydrogens (tertiary/aromatic N) is 2. The summed E-state index contributed by atoms with van der Waals surface area (Å²) >= 11 is 0. The third kappa shape index (κ3) is 3.37. The lowest BCUT2D eigenvalue weighted by Crippen LogP contribution is -2.27. The molecule has 0 bridgehead atoms. The Hall–Kier alpha value is -2.89. The molecule has 1 aliphatic rings. The predicted molar refractivity (Wildman–Crippen MR) is 87.5 cm³/mol. The van der Waals surface area contributed by atoms with E-state index in [2.05, 4.69) is 5.10 Å². The van der Waals surface area contributed by atoms with Crippen LogP contribution in [0.4, 0.5) is 0 Å². The molecule has 2 aromatic rings. The fourth-order valence-corrected chi connectivity index (χ4v) is 2.80. The summed E-state index contributed by atoms with van der Waals surface area (Å²) in [5, 5.41) is 14.6. The van der Waals surface area contributed by atoms with Gasteiger partial charge in [-0.3, -0.25) is 9.59 Å². The van der Waals surface area contributed by atoms with Gasteiger partial charge in [0.05, 0.1) is 18.7 Å². The summed E-state index contributed by atoms with van der Waals surface area (Å²) in [5.74, 6) is -0.670. The molecule has 24 heavy (non-hydrogen) atoms. The van der Waals surface area contributed by atoms with Crippen LogP contribution in [0.2, 0.25) is 0 Å². The van der Waals surface area contributed by atoms with E-state index in [1.54, 1.807) is 18.4 Å².